The highest BCUT2D eigenvalue weighted by Crippen LogP contribution is 2.34. The largest absolute Gasteiger partial charge is 0.484 e. The molecule has 0 spiro atoms. The number of likely N-dealkylation sites (N-methyl/N-ethyl adjacent to an activating group) is 1. The minimum atomic E-state index is -0.187. The molecule has 1 heterocycles. The van der Waals surface area contributed by atoms with Gasteiger partial charge in [-0.05, 0) is 56.1 Å². The number of carbonyl (C=O) groups excluding carboxylic acids is 1. The van der Waals surface area contributed by atoms with Gasteiger partial charge in [-0.2, -0.15) is 0 Å². The van der Waals surface area contributed by atoms with Crippen molar-refractivity contribution in [3.63, 3.8) is 0 Å². The molecule has 2 aromatic carbocycles. The van der Waals surface area contributed by atoms with E-state index in [0.717, 1.165) is 17.1 Å². The van der Waals surface area contributed by atoms with Gasteiger partial charge in [-0.3, -0.25) is 4.79 Å². The quantitative estimate of drug-likeness (QED) is 0.805. The van der Waals surface area contributed by atoms with Crippen LogP contribution in [0.2, 0.25) is 5.02 Å². The van der Waals surface area contributed by atoms with Crippen LogP contribution < -0.4 is 19.5 Å². The van der Waals surface area contributed by atoms with Crippen molar-refractivity contribution < 1.29 is 19.0 Å². The molecule has 0 radical (unpaired) electrons. The van der Waals surface area contributed by atoms with Crippen molar-refractivity contribution in [1.29, 1.82) is 0 Å². The molecule has 1 N–H and O–H groups in total. The third kappa shape index (κ3) is 4.59. The number of carbonyl (C=O) groups is 1. The van der Waals surface area contributed by atoms with E-state index in [9.17, 15) is 4.79 Å². The maximum absolute atomic E-state index is 12.1. The standard InChI is InChI=1S/C19H21ClN2O4/c1-22(2)16(13-3-8-17-18(9-13)26-12-25-17)10-21-19(23)11-24-15-6-4-14(20)5-7-15/h3-9,16H,10-12H2,1-2H3,(H,21,23)/t16-/m1/s1. The minimum absolute atomic E-state index is 0.00369. The van der Waals surface area contributed by atoms with Crippen LogP contribution in [0.15, 0.2) is 42.5 Å². The van der Waals surface area contributed by atoms with Crippen molar-refractivity contribution in [1.82, 2.24) is 10.2 Å². The zero-order valence-corrected chi connectivity index (χ0v) is 15.5. The summed E-state index contributed by atoms with van der Waals surface area (Å²) >= 11 is 5.83. The van der Waals surface area contributed by atoms with E-state index in [1.54, 1.807) is 24.3 Å². The second-order valence-corrected chi connectivity index (χ2v) is 6.58. The number of nitrogens with zero attached hydrogens (tertiary/aromatic N) is 1. The van der Waals surface area contributed by atoms with Gasteiger partial charge in [-0.25, -0.2) is 0 Å². The first-order valence-electron chi connectivity index (χ1n) is 8.24. The molecule has 2 aromatic rings. The third-order valence-electron chi connectivity index (χ3n) is 4.08. The van der Waals surface area contributed by atoms with E-state index in [1.165, 1.54) is 0 Å². The molecule has 1 aliphatic heterocycles. The van der Waals surface area contributed by atoms with Crippen molar-refractivity contribution in [2.75, 3.05) is 34.0 Å². The summed E-state index contributed by atoms with van der Waals surface area (Å²) in [4.78, 5) is 14.1. The van der Waals surface area contributed by atoms with Crippen LogP contribution in [0.4, 0.5) is 0 Å². The molecule has 1 amide bonds. The number of amides is 1. The van der Waals surface area contributed by atoms with E-state index in [-0.39, 0.29) is 25.3 Å². The summed E-state index contributed by atoms with van der Waals surface area (Å²) in [5, 5.41) is 3.53. The Morgan fingerprint density at radius 3 is 2.65 bits per heavy atom. The van der Waals surface area contributed by atoms with Crippen LogP contribution in [0.1, 0.15) is 11.6 Å². The second-order valence-electron chi connectivity index (χ2n) is 6.14. The van der Waals surface area contributed by atoms with Gasteiger partial charge < -0.3 is 24.4 Å². The summed E-state index contributed by atoms with van der Waals surface area (Å²) in [5.41, 5.74) is 1.04. The number of ether oxygens (including phenoxy) is 3. The van der Waals surface area contributed by atoms with Crippen LogP contribution >= 0.6 is 11.6 Å². The van der Waals surface area contributed by atoms with Crippen LogP contribution in [0.3, 0.4) is 0 Å². The molecule has 7 heteroatoms. The smallest absolute Gasteiger partial charge is 0.258 e. The molecule has 0 saturated carbocycles. The molecule has 6 nitrogen and oxygen atoms in total. The van der Waals surface area contributed by atoms with E-state index < -0.39 is 0 Å². The second kappa shape index (κ2) is 8.29. The Kier molecular flexibility index (Phi) is 5.85. The van der Waals surface area contributed by atoms with Crippen molar-refractivity contribution in [3.8, 4) is 17.2 Å². The lowest BCUT2D eigenvalue weighted by atomic mass is 10.1. The van der Waals surface area contributed by atoms with Crippen LogP contribution in [0.5, 0.6) is 17.2 Å². The van der Waals surface area contributed by atoms with Gasteiger partial charge in [0.1, 0.15) is 5.75 Å². The maximum atomic E-state index is 12.1. The number of benzene rings is 2. The van der Waals surface area contributed by atoms with Gasteiger partial charge in [0.2, 0.25) is 6.79 Å². The molecule has 26 heavy (non-hydrogen) atoms. The predicted octanol–water partition coefficient (Wildman–Crippen LogP) is 2.87. The Labute approximate surface area is 157 Å². The molecule has 0 fully saturated rings. The molecule has 3 rings (SSSR count). The molecule has 0 bridgehead atoms. The number of fused-ring (bicyclic) bond motifs is 1. The summed E-state index contributed by atoms with van der Waals surface area (Å²) in [6.45, 7) is 0.641. The van der Waals surface area contributed by atoms with Crippen LogP contribution in [-0.4, -0.2) is 44.8 Å². The van der Waals surface area contributed by atoms with E-state index in [2.05, 4.69) is 5.32 Å². The SMILES string of the molecule is CN(C)[C@H](CNC(=O)COc1ccc(Cl)cc1)c1ccc2c(c1)OCO2. The van der Waals surface area contributed by atoms with Gasteiger partial charge >= 0.3 is 0 Å². The molecular formula is C19H21ClN2O4. The van der Waals surface area contributed by atoms with Crippen molar-refractivity contribution in [2.24, 2.45) is 0 Å². The number of nitrogens with one attached hydrogen (secondary N) is 1. The highest BCUT2D eigenvalue weighted by Gasteiger charge is 2.20. The predicted molar refractivity (Wildman–Crippen MR) is 98.9 cm³/mol. The molecule has 0 saturated heterocycles. The van der Waals surface area contributed by atoms with Gasteiger partial charge in [0.05, 0.1) is 6.04 Å². The lowest BCUT2D eigenvalue weighted by Crippen LogP contribution is -2.36. The van der Waals surface area contributed by atoms with Gasteiger partial charge in [-0.1, -0.05) is 17.7 Å². The normalized spacial score (nSPS) is 13.5. The zero-order valence-electron chi connectivity index (χ0n) is 14.7. The highest BCUT2D eigenvalue weighted by atomic mass is 35.5. The monoisotopic (exact) mass is 376 g/mol. The molecule has 0 aliphatic carbocycles. The lowest BCUT2D eigenvalue weighted by Gasteiger charge is -2.25. The van der Waals surface area contributed by atoms with Gasteiger partial charge in [0.25, 0.3) is 5.91 Å². The Morgan fingerprint density at radius 2 is 1.92 bits per heavy atom. The topological polar surface area (TPSA) is 60.0 Å². The van der Waals surface area contributed by atoms with Crippen molar-refractivity contribution in [2.45, 2.75) is 6.04 Å². The Balaban J connectivity index is 1.55. The Morgan fingerprint density at radius 1 is 1.19 bits per heavy atom. The first kappa shape index (κ1) is 18.4. The summed E-state index contributed by atoms with van der Waals surface area (Å²) in [6, 6.07) is 12.7. The molecule has 1 aliphatic rings. The highest BCUT2D eigenvalue weighted by molar-refractivity contribution is 6.30. The van der Waals surface area contributed by atoms with Crippen LogP contribution in [-0.2, 0) is 4.79 Å². The minimum Gasteiger partial charge on any atom is -0.484 e. The summed E-state index contributed by atoms with van der Waals surface area (Å²) in [6.07, 6.45) is 0. The van der Waals surface area contributed by atoms with Gasteiger partial charge in [0, 0.05) is 11.6 Å². The van der Waals surface area contributed by atoms with E-state index in [0.29, 0.717) is 17.3 Å². The summed E-state index contributed by atoms with van der Waals surface area (Å²) in [7, 11) is 3.93. The molecule has 1 atom stereocenters. The Bertz CT molecular complexity index is 765. The van der Waals surface area contributed by atoms with E-state index in [4.69, 9.17) is 25.8 Å². The third-order valence-corrected chi connectivity index (χ3v) is 4.33. The molecule has 138 valence electrons. The number of rotatable bonds is 7. The zero-order chi connectivity index (χ0) is 18.5. The maximum Gasteiger partial charge on any atom is 0.258 e. The van der Waals surface area contributed by atoms with Crippen LogP contribution in [0.25, 0.3) is 0 Å². The van der Waals surface area contributed by atoms with Crippen molar-refractivity contribution >= 4 is 17.5 Å². The molecular weight excluding hydrogens is 356 g/mol. The lowest BCUT2D eigenvalue weighted by molar-refractivity contribution is -0.123. The first-order chi connectivity index (χ1) is 12.5. The fourth-order valence-corrected chi connectivity index (χ4v) is 2.79. The van der Waals surface area contributed by atoms with Gasteiger partial charge in [0.15, 0.2) is 18.1 Å². The summed E-state index contributed by atoms with van der Waals surface area (Å²) < 4.78 is 16.2. The molecule has 0 aromatic heterocycles. The van der Waals surface area contributed by atoms with E-state index in [1.807, 2.05) is 37.2 Å². The number of hydrogen-bond acceptors (Lipinski definition) is 5. The van der Waals surface area contributed by atoms with Gasteiger partial charge in [-0.15, -0.1) is 0 Å². The average Bonchev–Trinajstić information content (AvgIpc) is 3.09. The molecule has 0 unspecified atom stereocenters. The van der Waals surface area contributed by atoms with Crippen LogP contribution in [0, 0.1) is 0 Å². The fraction of sp³-hybridized carbons (Fsp3) is 0.316. The van der Waals surface area contributed by atoms with Crippen molar-refractivity contribution in [3.05, 3.63) is 53.1 Å². The van der Waals surface area contributed by atoms with E-state index >= 15 is 0 Å². The number of hydrogen-bond donors (Lipinski definition) is 1. The first-order valence-corrected chi connectivity index (χ1v) is 8.62. The summed E-state index contributed by atoms with van der Waals surface area (Å²) in [5.74, 6) is 1.88. The number of halogens is 1. The Hall–Kier alpha value is -2.44. The average molecular weight is 377 g/mol. The fourth-order valence-electron chi connectivity index (χ4n) is 2.66.